The topological polar surface area (TPSA) is 53.7 Å². The van der Waals surface area contributed by atoms with E-state index >= 15 is 0 Å². The van der Waals surface area contributed by atoms with Gasteiger partial charge in [-0.15, -0.1) is 0 Å². The van der Waals surface area contributed by atoms with Crippen LogP contribution in [0.1, 0.15) is 46.2 Å². The number of hydrogen-bond donors (Lipinski definition) is 0. The maximum absolute atomic E-state index is 13.9. The molecule has 2 aliphatic rings. The minimum Gasteiger partial charge on any atom is -0.335 e. The maximum Gasteiger partial charge on any atom is 0.433 e. The van der Waals surface area contributed by atoms with Crippen molar-refractivity contribution in [2.24, 2.45) is 0 Å². The second-order valence-electron chi connectivity index (χ2n) is 8.30. The van der Waals surface area contributed by atoms with E-state index in [0.29, 0.717) is 48.5 Å². The van der Waals surface area contributed by atoms with Crippen molar-refractivity contribution in [3.8, 4) is 0 Å². The number of benzene rings is 1. The van der Waals surface area contributed by atoms with E-state index in [-0.39, 0.29) is 23.1 Å². The fraction of sp³-hybridized carbons (Fsp3) is 0.409. The quantitative estimate of drug-likeness (QED) is 0.572. The highest BCUT2D eigenvalue weighted by Crippen LogP contribution is 2.41. The Morgan fingerprint density at radius 1 is 1.06 bits per heavy atom. The van der Waals surface area contributed by atoms with Crippen LogP contribution in [0.3, 0.4) is 0 Å². The number of halogens is 4. The lowest BCUT2D eigenvalue weighted by molar-refractivity contribution is -0.142. The van der Waals surface area contributed by atoms with Crippen molar-refractivity contribution in [3.63, 3.8) is 0 Å². The van der Waals surface area contributed by atoms with Crippen LogP contribution in [0.15, 0.2) is 36.4 Å². The minimum absolute atomic E-state index is 0.0308. The van der Waals surface area contributed by atoms with Gasteiger partial charge in [0.1, 0.15) is 11.5 Å². The lowest BCUT2D eigenvalue weighted by Crippen LogP contribution is -2.48. The number of piperazine rings is 1. The van der Waals surface area contributed by atoms with Crippen LogP contribution < -0.4 is 0 Å². The molecule has 0 unspecified atom stereocenters. The zero-order chi connectivity index (χ0) is 22.5. The summed E-state index contributed by atoms with van der Waals surface area (Å²) in [5.41, 5.74) is 0.0373. The molecule has 0 atom stereocenters. The van der Waals surface area contributed by atoms with Gasteiger partial charge in [-0.3, -0.25) is 9.69 Å². The molecule has 0 spiro atoms. The number of alkyl halides is 3. The van der Waals surface area contributed by atoms with Crippen LogP contribution in [-0.2, 0) is 12.7 Å². The molecule has 1 aromatic carbocycles. The third kappa shape index (κ3) is 4.06. The van der Waals surface area contributed by atoms with Gasteiger partial charge in [0.05, 0.1) is 0 Å². The first-order valence-corrected chi connectivity index (χ1v) is 10.5. The molecule has 1 aliphatic heterocycles. The number of fused-ring (bicyclic) bond motifs is 1. The van der Waals surface area contributed by atoms with Crippen molar-refractivity contribution in [2.75, 3.05) is 26.2 Å². The number of carbonyl (C=O) groups excluding carboxylic acids is 1. The average molecular weight is 447 g/mol. The van der Waals surface area contributed by atoms with Gasteiger partial charge in [-0.05, 0) is 25.0 Å². The summed E-state index contributed by atoms with van der Waals surface area (Å²) < 4.78 is 55.3. The Morgan fingerprint density at radius 3 is 2.44 bits per heavy atom. The molecule has 3 heterocycles. The largest absolute Gasteiger partial charge is 0.433 e. The summed E-state index contributed by atoms with van der Waals surface area (Å²) in [6.45, 7) is 2.27. The summed E-state index contributed by atoms with van der Waals surface area (Å²) in [7, 11) is 0. The molecule has 2 fully saturated rings. The summed E-state index contributed by atoms with van der Waals surface area (Å²) >= 11 is 0. The summed E-state index contributed by atoms with van der Waals surface area (Å²) in [6.07, 6.45) is -2.97. The Labute approximate surface area is 181 Å². The van der Waals surface area contributed by atoms with Crippen LogP contribution in [0.5, 0.6) is 0 Å². The van der Waals surface area contributed by atoms with Crippen molar-refractivity contribution in [1.82, 2.24) is 24.4 Å². The second kappa shape index (κ2) is 7.84. The SMILES string of the molecule is O=C(c1cc2nc(C3CC3)cc(C(F)(F)F)n2n1)N1CCN(Cc2ccccc2F)CC1. The van der Waals surface area contributed by atoms with Gasteiger partial charge in [0.2, 0.25) is 0 Å². The molecule has 0 radical (unpaired) electrons. The van der Waals surface area contributed by atoms with Gasteiger partial charge in [-0.2, -0.15) is 18.3 Å². The lowest BCUT2D eigenvalue weighted by atomic mass is 10.2. The van der Waals surface area contributed by atoms with E-state index in [4.69, 9.17) is 0 Å². The molecule has 5 rings (SSSR count). The molecule has 2 aromatic heterocycles. The highest BCUT2D eigenvalue weighted by atomic mass is 19.4. The van der Waals surface area contributed by atoms with Gasteiger partial charge in [0, 0.05) is 56.0 Å². The zero-order valence-electron chi connectivity index (χ0n) is 17.1. The van der Waals surface area contributed by atoms with Crippen molar-refractivity contribution >= 4 is 11.6 Å². The number of carbonyl (C=O) groups is 1. The highest BCUT2D eigenvalue weighted by Gasteiger charge is 2.38. The normalized spacial score (nSPS) is 17.8. The van der Waals surface area contributed by atoms with Crippen molar-refractivity contribution in [3.05, 3.63) is 64.9 Å². The van der Waals surface area contributed by atoms with Gasteiger partial charge in [0.25, 0.3) is 5.91 Å². The van der Waals surface area contributed by atoms with Gasteiger partial charge in [-0.1, -0.05) is 18.2 Å². The van der Waals surface area contributed by atoms with Crippen molar-refractivity contribution in [2.45, 2.75) is 31.5 Å². The molecule has 1 saturated heterocycles. The highest BCUT2D eigenvalue weighted by molar-refractivity contribution is 5.93. The molecule has 3 aromatic rings. The van der Waals surface area contributed by atoms with E-state index in [2.05, 4.69) is 10.1 Å². The van der Waals surface area contributed by atoms with E-state index in [0.717, 1.165) is 18.9 Å². The Hall–Kier alpha value is -3.01. The van der Waals surface area contributed by atoms with Crippen LogP contribution in [-0.4, -0.2) is 56.5 Å². The fourth-order valence-electron chi connectivity index (χ4n) is 4.03. The molecule has 10 heteroatoms. The van der Waals surface area contributed by atoms with E-state index in [1.807, 2.05) is 4.90 Å². The number of rotatable bonds is 4. The third-order valence-electron chi connectivity index (χ3n) is 5.96. The van der Waals surface area contributed by atoms with Gasteiger partial charge >= 0.3 is 6.18 Å². The van der Waals surface area contributed by atoms with Crippen LogP contribution in [0.2, 0.25) is 0 Å². The number of amides is 1. The predicted molar refractivity (Wildman–Crippen MR) is 108 cm³/mol. The number of nitrogens with zero attached hydrogens (tertiary/aromatic N) is 5. The summed E-state index contributed by atoms with van der Waals surface area (Å²) in [5.74, 6) is -0.658. The van der Waals surface area contributed by atoms with Crippen LogP contribution in [0, 0.1) is 5.82 Å². The average Bonchev–Trinajstić information content (AvgIpc) is 3.52. The molecular weight excluding hydrogens is 426 g/mol. The van der Waals surface area contributed by atoms with Crippen LogP contribution >= 0.6 is 0 Å². The predicted octanol–water partition coefficient (Wildman–Crippen LogP) is 3.72. The first-order chi connectivity index (χ1) is 15.3. The Bertz CT molecular complexity index is 1160. The molecule has 1 saturated carbocycles. The monoisotopic (exact) mass is 447 g/mol. The molecule has 1 aliphatic carbocycles. The van der Waals surface area contributed by atoms with Crippen molar-refractivity contribution in [1.29, 1.82) is 0 Å². The van der Waals surface area contributed by atoms with Gasteiger partial charge in [-0.25, -0.2) is 13.9 Å². The second-order valence-corrected chi connectivity index (χ2v) is 8.30. The summed E-state index contributed by atoms with van der Waals surface area (Å²) in [4.78, 5) is 20.9. The Balaban J connectivity index is 1.32. The minimum atomic E-state index is -4.60. The van der Waals surface area contributed by atoms with Gasteiger partial charge in [0.15, 0.2) is 11.3 Å². The fourth-order valence-corrected chi connectivity index (χ4v) is 4.03. The third-order valence-corrected chi connectivity index (χ3v) is 5.96. The van der Waals surface area contributed by atoms with Crippen molar-refractivity contribution < 1.29 is 22.4 Å². The Kier molecular flexibility index (Phi) is 5.11. The molecule has 32 heavy (non-hydrogen) atoms. The molecule has 168 valence electrons. The lowest BCUT2D eigenvalue weighted by Gasteiger charge is -2.34. The van der Waals surface area contributed by atoms with E-state index in [9.17, 15) is 22.4 Å². The van der Waals surface area contributed by atoms with Crippen LogP contribution in [0.25, 0.3) is 5.65 Å². The number of hydrogen-bond acceptors (Lipinski definition) is 4. The molecule has 0 N–H and O–H groups in total. The molecule has 1 amide bonds. The zero-order valence-corrected chi connectivity index (χ0v) is 17.1. The maximum atomic E-state index is 13.9. The van der Waals surface area contributed by atoms with Gasteiger partial charge < -0.3 is 4.90 Å². The van der Waals surface area contributed by atoms with E-state index < -0.39 is 17.8 Å². The standard InChI is InChI=1S/C22H21F4N5O/c23-16-4-2-1-3-15(16)13-29-7-9-30(10-8-29)21(32)18-12-20-27-17(14-5-6-14)11-19(22(24,25)26)31(20)28-18/h1-4,11-12,14H,5-10,13H2. The molecule has 0 bridgehead atoms. The summed E-state index contributed by atoms with van der Waals surface area (Å²) in [5, 5.41) is 3.95. The molecule has 6 nitrogen and oxygen atoms in total. The Morgan fingerprint density at radius 2 is 1.78 bits per heavy atom. The van der Waals surface area contributed by atoms with Crippen LogP contribution in [0.4, 0.5) is 17.6 Å². The first-order valence-electron chi connectivity index (χ1n) is 10.5. The van der Waals surface area contributed by atoms with E-state index in [1.165, 1.54) is 12.1 Å². The first kappa shape index (κ1) is 20.9. The van der Waals surface area contributed by atoms with E-state index in [1.54, 1.807) is 23.1 Å². The molecular formula is C22H21F4N5O. The smallest absolute Gasteiger partial charge is 0.335 e. The summed E-state index contributed by atoms with van der Waals surface area (Å²) in [6, 6.07) is 8.92. The number of aromatic nitrogens is 3.